The summed E-state index contributed by atoms with van der Waals surface area (Å²) < 4.78 is 54.2. The fourth-order valence-electron chi connectivity index (χ4n) is 4.31. The Morgan fingerprint density at radius 2 is 1.79 bits per heavy atom. The number of aromatic nitrogens is 4. The van der Waals surface area contributed by atoms with E-state index in [0.717, 1.165) is 19.0 Å². The molecule has 1 fully saturated rings. The first kappa shape index (κ1) is 21.2. The Labute approximate surface area is 185 Å². The second kappa shape index (κ2) is 8.05. The van der Waals surface area contributed by atoms with E-state index >= 15 is 0 Å². The summed E-state index contributed by atoms with van der Waals surface area (Å²) in [6, 6.07) is 9.66. The van der Waals surface area contributed by atoms with Crippen LogP contribution in [0.3, 0.4) is 0 Å². The minimum atomic E-state index is -4.51. The number of carbonyl (C=O) groups is 1. The van der Waals surface area contributed by atoms with E-state index in [-0.39, 0.29) is 34.5 Å². The number of anilines is 1. The molecule has 0 atom stereocenters. The molecule has 172 valence electrons. The van der Waals surface area contributed by atoms with Crippen molar-refractivity contribution < 1.29 is 22.4 Å². The minimum Gasteiger partial charge on any atom is -0.368 e. The van der Waals surface area contributed by atoms with Gasteiger partial charge in [-0.1, -0.05) is 12.1 Å². The zero-order valence-corrected chi connectivity index (χ0v) is 17.3. The van der Waals surface area contributed by atoms with Gasteiger partial charge in [-0.3, -0.25) is 14.3 Å². The molecule has 5 rings (SSSR count). The van der Waals surface area contributed by atoms with Crippen LogP contribution in [0.2, 0.25) is 0 Å². The fraction of sp³-hybridized carbons (Fsp3) is 0.318. The van der Waals surface area contributed by atoms with Gasteiger partial charge in [0.2, 0.25) is 5.95 Å². The molecule has 3 aromatic heterocycles. The van der Waals surface area contributed by atoms with Crippen molar-refractivity contribution >= 4 is 28.3 Å². The predicted octanol–water partition coefficient (Wildman–Crippen LogP) is 4.52. The van der Waals surface area contributed by atoms with Gasteiger partial charge >= 0.3 is 6.18 Å². The van der Waals surface area contributed by atoms with Gasteiger partial charge < -0.3 is 10.6 Å². The molecule has 3 N–H and O–H groups in total. The number of amides is 1. The highest BCUT2D eigenvalue weighted by atomic mass is 19.4. The summed E-state index contributed by atoms with van der Waals surface area (Å²) in [5.74, 6) is -0.358. The van der Waals surface area contributed by atoms with E-state index < -0.39 is 17.8 Å². The summed E-state index contributed by atoms with van der Waals surface area (Å²) in [5.41, 5.74) is -0.123. The summed E-state index contributed by atoms with van der Waals surface area (Å²) in [7, 11) is 0. The van der Waals surface area contributed by atoms with Crippen LogP contribution < -0.4 is 10.6 Å². The number of imidazole rings is 1. The predicted molar refractivity (Wildman–Crippen MR) is 113 cm³/mol. The van der Waals surface area contributed by atoms with Crippen molar-refractivity contribution in [1.29, 1.82) is 0 Å². The third kappa shape index (κ3) is 4.10. The number of H-pyrrole nitrogens is 1. The highest BCUT2D eigenvalue weighted by Crippen LogP contribution is 2.30. The van der Waals surface area contributed by atoms with Crippen LogP contribution in [-0.4, -0.2) is 37.6 Å². The Morgan fingerprint density at radius 3 is 2.55 bits per heavy atom. The number of para-hydroxylation sites is 1. The van der Waals surface area contributed by atoms with Gasteiger partial charge in [-0.25, -0.2) is 4.98 Å². The van der Waals surface area contributed by atoms with Crippen LogP contribution in [-0.2, 0) is 6.18 Å². The van der Waals surface area contributed by atoms with Crippen molar-refractivity contribution in [3.8, 4) is 0 Å². The van der Waals surface area contributed by atoms with Crippen LogP contribution >= 0.6 is 0 Å². The maximum Gasteiger partial charge on any atom is 0.434 e. The molecule has 1 aliphatic carbocycles. The molecule has 0 bridgehead atoms. The number of halogens is 4. The number of aromatic amines is 1. The molecule has 1 amide bonds. The van der Waals surface area contributed by atoms with Gasteiger partial charge in [-0.2, -0.15) is 22.7 Å². The molecule has 33 heavy (non-hydrogen) atoms. The van der Waals surface area contributed by atoms with Crippen molar-refractivity contribution in [2.45, 2.75) is 43.9 Å². The summed E-state index contributed by atoms with van der Waals surface area (Å²) in [6.45, 7) is 0. The summed E-state index contributed by atoms with van der Waals surface area (Å²) in [4.78, 5) is 16.4. The first-order valence-corrected chi connectivity index (χ1v) is 10.5. The van der Waals surface area contributed by atoms with Gasteiger partial charge in [-0.05, 0) is 49.9 Å². The number of nitrogens with one attached hydrogen (secondary N) is 3. The van der Waals surface area contributed by atoms with E-state index in [4.69, 9.17) is 0 Å². The van der Waals surface area contributed by atoms with E-state index in [1.54, 1.807) is 30.3 Å². The maximum atomic E-state index is 13.7. The highest BCUT2D eigenvalue weighted by Gasteiger charge is 2.34. The molecule has 3 heterocycles. The Bertz CT molecular complexity index is 1320. The molecule has 0 unspecified atom stereocenters. The lowest BCUT2D eigenvalue weighted by molar-refractivity contribution is -0.140. The normalized spacial score (nSPS) is 19.2. The summed E-state index contributed by atoms with van der Waals surface area (Å²) >= 11 is 0. The lowest BCUT2D eigenvalue weighted by Gasteiger charge is -2.30. The monoisotopic (exact) mass is 460 g/mol. The molecular weight excluding hydrogens is 440 g/mol. The van der Waals surface area contributed by atoms with Gasteiger partial charge in [0, 0.05) is 18.3 Å². The van der Waals surface area contributed by atoms with Crippen LogP contribution in [0.15, 0.2) is 42.6 Å². The minimum absolute atomic E-state index is 0.0457. The maximum absolute atomic E-state index is 13.7. The molecule has 7 nitrogen and oxygen atoms in total. The van der Waals surface area contributed by atoms with Crippen LogP contribution in [0, 0.1) is 5.95 Å². The van der Waals surface area contributed by atoms with E-state index in [1.807, 2.05) is 0 Å². The number of benzene rings is 1. The Morgan fingerprint density at radius 1 is 1.06 bits per heavy atom. The molecule has 1 aliphatic rings. The average Bonchev–Trinajstić information content (AvgIpc) is 3.40. The molecule has 11 heteroatoms. The van der Waals surface area contributed by atoms with E-state index in [0.29, 0.717) is 24.2 Å². The average molecular weight is 460 g/mol. The molecule has 0 aliphatic heterocycles. The second-order valence-electron chi connectivity index (χ2n) is 8.17. The second-order valence-corrected chi connectivity index (χ2v) is 8.17. The number of hydrogen-bond donors (Lipinski definition) is 3. The molecular formula is C22H20F4N6O. The first-order chi connectivity index (χ1) is 15.8. The number of rotatable bonds is 4. The van der Waals surface area contributed by atoms with Gasteiger partial charge in [0.1, 0.15) is 17.0 Å². The van der Waals surface area contributed by atoms with Crippen molar-refractivity contribution in [1.82, 2.24) is 24.9 Å². The van der Waals surface area contributed by atoms with Crippen molar-refractivity contribution in [3.05, 3.63) is 59.8 Å². The van der Waals surface area contributed by atoms with Crippen LogP contribution in [0.1, 0.15) is 41.7 Å². The molecule has 1 saturated carbocycles. The van der Waals surface area contributed by atoms with Crippen molar-refractivity contribution in [3.63, 3.8) is 0 Å². The smallest absolute Gasteiger partial charge is 0.368 e. The number of pyridine rings is 1. The zero-order chi connectivity index (χ0) is 23.2. The lowest BCUT2D eigenvalue weighted by Crippen LogP contribution is -2.40. The lowest BCUT2D eigenvalue weighted by atomic mass is 9.91. The van der Waals surface area contributed by atoms with Crippen LogP contribution in [0.4, 0.5) is 23.4 Å². The summed E-state index contributed by atoms with van der Waals surface area (Å²) in [6.07, 6.45) is -0.676. The third-order valence-corrected chi connectivity index (χ3v) is 5.98. The van der Waals surface area contributed by atoms with E-state index in [2.05, 4.69) is 25.8 Å². The fourth-order valence-corrected chi connectivity index (χ4v) is 4.31. The Hall–Kier alpha value is -3.63. The van der Waals surface area contributed by atoms with E-state index in [1.165, 1.54) is 10.5 Å². The molecule has 0 radical (unpaired) electrons. The first-order valence-electron chi connectivity index (χ1n) is 10.5. The largest absolute Gasteiger partial charge is 0.434 e. The number of carbonyl (C=O) groups excluding carboxylic acids is 1. The van der Waals surface area contributed by atoms with Crippen LogP contribution in [0.5, 0.6) is 0 Å². The Balaban J connectivity index is 1.23. The SMILES string of the molecule is O=C(NC1CCC(Nc2cccc3nc(C(F)(F)F)cn23)CC1)c1cccc2c(F)[nH]nc12. The third-order valence-electron chi connectivity index (χ3n) is 5.98. The quantitative estimate of drug-likeness (QED) is 0.391. The molecule has 1 aromatic carbocycles. The van der Waals surface area contributed by atoms with Crippen molar-refractivity contribution in [2.75, 3.05) is 5.32 Å². The number of hydrogen-bond acceptors (Lipinski definition) is 4. The van der Waals surface area contributed by atoms with Gasteiger partial charge in [0.25, 0.3) is 5.91 Å². The standard InChI is InChI=1S/C22H20F4N6O/c23-20-14-3-1-4-15(19(14)30-31-20)21(33)28-13-9-7-12(8-10-13)27-17-5-2-6-18-29-16(11-32(17)18)22(24,25)26/h1-6,11-13,27H,7-10H2,(H,28,33)(H,30,31). The van der Waals surface area contributed by atoms with Crippen molar-refractivity contribution in [2.24, 2.45) is 0 Å². The highest BCUT2D eigenvalue weighted by molar-refractivity contribution is 6.05. The van der Waals surface area contributed by atoms with Gasteiger partial charge in [0.15, 0.2) is 5.69 Å². The molecule has 0 saturated heterocycles. The topological polar surface area (TPSA) is 87.1 Å². The van der Waals surface area contributed by atoms with Gasteiger partial charge in [0.05, 0.1) is 10.9 Å². The van der Waals surface area contributed by atoms with Gasteiger partial charge in [-0.15, -0.1) is 0 Å². The van der Waals surface area contributed by atoms with Crippen LogP contribution in [0.25, 0.3) is 16.6 Å². The number of fused-ring (bicyclic) bond motifs is 2. The molecule has 4 aromatic rings. The Kier molecular flexibility index (Phi) is 5.18. The number of alkyl halides is 3. The number of nitrogens with zero attached hydrogens (tertiary/aromatic N) is 3. The van der Waals surface area contributed by atoms with E-state index in [9.17, 15) is 22.4 Å². The summed E-state index contributed by atoms with van der Waals surface area (Å²) in [5, 5.41) is 12.7. The molecule has 0 spiro atoms. The zero-order valence-electron chi connectivity index (χ0n) is 17.3.